The molecule has 3 rings (SSSR count). The highest BCUT2D eigenvalue weighted by Gasteiger charge is 2.41. The van der Waals surface area contributed by atoms with Crippen molar-refractivity contribution in [3.05, 3.63) is 65.2 Å². The zero-order valence-electron chi connectivity index (χ0n) is 17.2. The molecule has 7 heteroatoms. The lowest BCUT2D eigenvalue weighted by atomic mass is 9.97. The van der Waals surface area contributed by atoms with Gasteiger partial charge in [0, 0.05) is 5.69 Å². The molecule has 30 heavy (non-hydrogen) atoms. The van der Waals surface area contributed by atoms with Gasteiger partial charge in [-0.3, -0.25) is 19.3 Å². The van der Waals surface area contributed by atoms with Crippen molar-refractivity contribution >= 4 is 29.4 Å². The molecule has 0 saturated carbocycles. The number of hydrogen-bond acceptors (Lipinski definition) is 5. The van der Waals surface area contributed by atoms with Gasteiger partial charge in [0.15, 0.2) is 6.61 Å². The summed E-state index contributed by atoms with van der Waals surface area (Å²) in [7, 11) is 0. The molecule has 1 aliphatic heterocycles. The highest BCUT2D eigenvalue weighted by molar-refractivity contribution is 6.22. The number of anilines is 1. The molecule has 0 bridgehead atoms. The summed E-state index contributed by atoms with van der Waals surface area (Å²) in [6, 6.07) is 12.7. The maximum absolute atomic E-state index is 12.5. The minimum atomic E-state index is -1.14. The van der Waals surface area contributed by atoms with E-state index in [4.69, 9.17) is 4.74 Å². The molecule has 0 saturated heterocycles. The molecule has 2 aromatic rings. The summed E-state index contributed by atoms with van der Waals surface area (Å²) in [5.74, 6) is -2.15. The molecule has 156 valence electrons. The van der Waals surface area contributed by atoms with Crippen LogP contribution in [0, 0.1) is 0 Å². The monoisotopic (exact) mass is 408 g/mol. The van der Waals surface area contributed by atoms with Gasteiger partial charge in [-0.05, 0) is 43.0 Å². The predicted molar refractivity (Wildman–Crippen MR) is 111 cm³/mol. The SMILES string of the molecule is CC[C@@H](C)c1ccccc1NC(=O)COC(=O)[C@@H](C)N1C(=O)c2ccccc2C1=O. The van der Waals surface area contributed by atoms with Gasteiger partial charge in [0.25, 0.3) is 17.7 Å². The van der Waals surface area contributed by atoms with E-state index < -0.39 is 36.3 Å². The second kappa shape index (κ2) is 8.90. The number of fused-ring (bicyclic) bond motifs is 1. The Morgan fingerprint density at radius 3 is 2.13 bits per heavy atom. The second-order valence-corrected chi connectivity index (χ2v) is 7.25. The standard InChI is InChI=1S/C23H24N2O5/c1-4-14(2)16-9-7-8-12-19(16)24-20(26)13-30-23(29)15(3)25-21(27)17-10-5-6-11-18(17)22(25)28/h5-12,14-15H,4,13H2,1-3H3,(H,24,26)/t14-,15-/m1/s1. The van der Waals surface area contributed by atoms with Crippen LogP contribution in [0.1, 0.15) is 59.4 Å². The summed E-state index contributed by atoms with van der Waals surface area (Å²) in [6.45, 7) is 5.02. The summed E-state index contributed by atoms with van der Waals surface area (Å²) in [5.41, 5.74) is 2.17. The van der Waals surface area contributed by atoms with Gasteiger partial charge in [0.1, 0.15) is 6.04 Å². The number of benzene rings is 2. The number of imide groups is 1. The van der Waals surface area contributed by atoms with Crippen LogP contribution in [-0.4, -0.2) is 41.2 Å². The third-order valence-corrected chi connectivity index (χ3v) is 5.28. The topological polar surface area (TPSA) is 92.8 Å². The Morgan fingerprint density at radius 2 is 1.53 bits per heavy atom. The Balaban J connectivity index is 1.61. The van der Waals surface area contributed by atoms with Gasteiger partial charge in [-0.2, -0.15) is 0 Å². The van der Waals surface area contributed by atoms with Gasteiger partial charge in [-0.15, -0.1) is 0 Å². The van der Waals surface area contributed by atoms with E-state index in [-0.39, 0.29) is 17.0 Å². The van der Waals surface area contributed by atoms with Gasteiger partial charge >= 0.3 is 5.97 Å². The summed E-state index contributed by atoms with van der Waals surface area (Å²) in [4.78, 5) is 50.5. The number of ether oxygens (including phenoxy) is 1. The first-order chi connectivity index (χ1) is 14.3. The number of amides is 3. The molecule has 2 atom stereocenters. The normalized spacial score (nSPS) is 14.8. The lowest BCUT2D eigenvalue weighted by molar-refractivity contribution is -0.150. The Bertz CT molecular complexity index is 966. The summed E-state index contributed by atoms with van der Waals surface area (Å²) in [5, 5.41) is 2.76. The Morgan fingerprint density at radius 1 is 0.967 bits per heavy atom. The lowest BCUT2D eigenvalue weighted by Crippen LogP contribution is -2.44. The van der Waals surface area contributed by atoms with Crippen molar-refractivity contribution in [3.63, 3.8) is 0 Å². The molecule has 0 unspecified atom stereocenters. The third-order valence-electron chi connectivity index (χ3n) is 5.28. The molecule has 2 aromatic carbocycles. The molecule has 0 fully saturated rings. The maximum atomic E-state index is 12.5. The molecule has 0 spiro atoms. The first kappa shape index (κ1) is 21.2. The molecule has 3 amide bonds. The van der Waals surface area contributed by atoms with Gasteiger partial charge in [0.05, 0.1) is 11.1 Å². The van der Waals surface area contributed by atoms with Crippen molar-refractivity contribution in [2.45, 2.75) is 39.2 Å². The molecule has 1 aliphatic rings. The van der Waals surface area contributed by atoms with Gasteiger partial charge in [-0.25, -0.2) is 4.79 Å². The minimum absolute atomic E-state index is 0.251. The highest BCUT2D eigenvalue weighted by Crippen LogP contribution is 2.27. The zero-order chi connectivity index (χ0) is 21.8. The quantitative estimate of drug-likeness (QED) is 0.560. The Labute approximate surface area is 175 Å². The van der Waals surface area contributed by atoms with Crippen LogP contribution >= 0.6 is 0 Å². The smallest absolute Gasteiger partial charge is 0.329 e. The predicted octanol–water partition coefficient (Wildman–Crippen LogP) is 3.37. The fourth-order valence-electron chi connectivity index (χ4n) is 3.37. The van der Waals surface area contributed by atoms with Crippen molar-refractivity contribution in [2.75, 3.05) is 11.9 Å². The van der Waals surface area contributed by atoms with Crippen LogP contribution in [0.3, 0.4) is 0 Å². The fraction of sp³-hybridized carbons (Fsp3) is 0.304. The lowest BCUT2D eigenvalue weighted by Gasteiger charge is -2.21. The second-order valence-electron chi connectivity index (χ2n) is 7.25. The van der Waals surface area contributed by atoms with E-state index in [2.05, 4.69) is 19.2 Å². The first-order valence-corrected chi connectivity index (χ1v) is 9.87. The molecule has 1 heterocycles. The number of nitrogens with one attached hydrogen (secondary N) is 1. The molecular weight excluding hydrogens is 384 g/mol. The molecule has 7 nitrogen and oxygen atoms in total. The molecule has 1 N–H and O–H groups in total. The van der Waals surface area contributed by atoms with E-state index in [1.165, 1.54) is 19.1 Å². The average Bonchev–Trinajstić information content (AvgIpc) is 3.01. The summed E-state index contributed by atoms with van der Waals surface area (Å²) < 4.78 is 5.08. The largest absolute Gasteiger partial charge is 0.454 e. The van der Waals surface area contributed by atoms with Crippen molar-refractivity contribution < 1.29 is 23.9 Å². The average molecular weight is 408 g/mol. The number of hydrogen-bond donors (Lipinski definition) is 1. The number of carbonyl (C=O) groups excluding carboxylic acids is 4. The number of para-hydroxylation sites is 1. The van der Waals surface area contributed by atoms with Crippen LogP contribution in [0.5, 0.6) is 0 Å². The number of rotatable bonds is 7. The summed E-state index contributed by atoms with van der Waals surface area (Å²) >= 11 is 0. The van der Waals surface area contributed by atoms with Gasteiger partial charge in [-0.1, -0.05) is 44.2 Å². The van der Waals surface area contributed by atoms with Crippen LogP contribution in [0.25, 0.3) is 0 Å². The van der Waals surface area contributed by atoms with Gasteiger partial charge in [0.2, 0.25) is 0 Å². The van der Waals surface area contributed by atoms with E-state index in [0.29, 0.717) is 5.69 Å². The van der Waals surface area contributed by atoms with E-state index in [9.17, 15) is 19.2 Å². The van der Waals surface area contributed by atoms with E-state index in [1.54, 1.807) is 18.2 Å². The fourth-order valence-corrected chi connectivity index (χ4v) is 3.37. The zero-order valence-corrected chi connectivity index (χ0v) is 17.2. The van der Waals surface area contributed by atoms with Crippen LogP contribution in [0.4, 0.5) is 5.69 Å². The molecule has 0 radical (unpaired) electrons. The van der Waals surface area contributed by atoms with Crippen LogP contribution < -0.4 is 5.32 Å². The van der Waals surface area contributed by atoms with E-state index >= 15 is 0 Å². The highest BCUT2D eigenvalue weighted by atomic mass is 16.5. The van der Waals surface area contributed by atoms with Crippen molar-refractivity contribution in [1.29, 1.82) is 0 Å². The molecular formula is C23H24N2O5. The number of esters is 1. The Hall–Kier alpha value is -3.48. The summed E-state index contributed by atoms with van der Waals surface area (Å²) in [6.07, 6.45) is 0.916. The van der Waals surface area contributed by atoms with E-state index in [0.717, 1.165) is 16.9 Å². The first-order valence-electron chi connectivity index (χ1n) is 9.87. The molecule has 0 aromatic heterocycles. The number of nitrogens with zero attached hydrogens (tertiary/aromatic N) is 1. The van der Waals surface area contributed by atoms with Crippen LogP contribution in [-0.2, 0) is 14.3 Å². The Kier molecular flexibility index (Phi) is 6.30. The minimum Gasteiger partial charge on any atom is -0.454 e. The maximum Gasteiger partial charge on any atom is 0.329 e. The van der Waals surface area contributed by atoms with Crippen molar-refractivity contribution in [2.24, 2.45) is 0 Å². The van der Waals surface area contributed by atoms with E-state index in [1.807, 2.05) is 18.2 Å². The molecule has 0 aliphatic carbocycles. The third kappa shape index (κ3) is 4.10. The van der Waals surface area contributed by atoms with Crippen LogP contribution in [0.15, 0.2) is 48.5 Å². The number of carbonyl (C=O) groups is 4. The van der Waals surface area contributed by atoms with Crippen LogP contribution in [0.2, 0.25) is 0 Å². The van der Waals surface area contributed by atoms with Crippen molar-refractivity contribution in [1.82, 2.24) is 4.90 Å². The van der Waals surface area contributed by atoms with Crippen molar-refractivity contribution in [3.8, 4) is 0 Å². The van der Waals surface area contributed by atoms with Gasteiger partial charge < -0.3 is 10.1 Å².